The molecular weight excluding hydrogens is 188 g/mol. The van der Waals surface area contributed by atoms with Gasteiger partial charge in [0.05, 0.1) is 11.6 Å². The summed E-state index contributed by atoms with van der Waals surface area (Å²) in [6.45, 7) is 3.98. The van der Waals surface area contributed by atoms with E-state index in [1.54, 1.807) is 0 Å². The Morgan fingerprint density at radius 3 is 3.00 bits per heavy atom. The zero-order chi connectivity index (χ0) is 10.6. The fraction of sp³-hybridized carbons (Fsp3) is 0.500. The van der Waals surface area contributed by atoms with E-state index >= 15 is 0 Å². The molecule has 3 nitrogen and oxygen atoms in total. The van der Waals surface area contributed by atoms with Gasteiger partial charge in [-0.2, -0.15) is 0 Å². The number of carbonyl (C=O) groups excluding carboxylic acids is 1. The molecule has 0 spiro atoms. The van der Waals surface area contributed by atoms with Crippen LogP contribution in [0.2, 0.25) is 0 Å². The van der Waals surface area contributed by atoms with Crippen molar-refractivity contribution in [2.24, 2.45) is 0 Å². The van der Waals surface area contributed by atoms with E-state index in [1.807, 2.05) is 13.8 Å². The van der Waals surface area contributed by atoms with E-state index in [2.05, 4.69) is 10.3 Å². The van der Waals surface area contributed by atoms with Crippen LogP contribution in [0, 0.1) is 13.8 Å². The number of amides is 1. The molecule has 2 aliphatic rings. The molecule has 78 valence electrons. The second-order valence-electron chi connectivity index (χ2n) is 4.48. The molecule has 3 rings (SSSR count). The number of nitrogens with zero attached hydrogens (tertiary/aromatic N) is 1. The van der Waals surface area contributed by atoms with Crippen LogP contribution in [-0.2, 0) is 6.42 Å². The van der Waals surface area contributed by atoms with Gasteiger partial charge in [0.2, 0.25) is 0 Å². The Hall–Kier alpha value is -1.38. The second kappa shape index (κ2) is 2.81. The number of pyridine rings is 1. The molecule has 0 bridgehead atoms. The number of hydrogen-bond acceptors (Lipinski definition) is 2. The number of aryl methyl sites for hydroxylation is 2. The monoisotopic (exact) mass is 202 g/mol. The van der Waals surface area contributed by atoms with Crippen molar-refractivity contribution in [3.8, 4) is 0 Å². The van der Waals surface area contributed by atoms with E-state index in [0.717, 1.165) is 41.8 Å². The van der Waals surface area contributed by atoms with Gasteiger partial charge in [-0.25, -0.2) is 0 Å². The minimum atomic E-state index is 0.0983. The molecule has 0 radical (unpaired) electrons. The zero-order valence-corrected chi connectivity index (χ0v) is 9.05. The molecule has 0 aromatic carbocycles. The lowest BCUT2D eigenvalue weighted by Gasteiger charge is -2.21. The van der Waals surface area contributed by atoms with Crippen molar-refractivity contribution in [3.63, 3.8) is 0 Å². The Balaban J connectivity index is 2.34. The van der Waals surface area contributed by atoms with Crippen LogP contribution in [0.15, 0.2) is 0 Å². The van der Waals surface area contributed by atoms with Crippen LogP contribution in [0.25, 0.3) is 0 Å². The summed E-state index contributed by atoms with van der Waals surface area (Å²) in [5, 5.41) is 3.05. The van der Waals surface area contributed by atoms with Gasteiger partial charge in [-0.3, -0.25) is 9.78 Å². The van der Waals surface area contributed by atoms with Gasteiger partial charge in [0.25, 0.3) is 5.91 Å². The SMILES string of the molecule is Cc1nc2c3c(c1C)C(=O)NC3CCC2. The summed E-state index contributed by atoms with van der Waals surface area (Å²) in [4.78, 5) is 16.5. The van der Waals surface area contributed by atoms with Crippen LogP contribution in [-0.4, -0.2) is 10.9 Å². The number of nitrogens with one attached hydrogen (secondary N) is 1. The maximum Gasteiger partial charge on any atom is 0.252 e. The van der Waals surface area contributed by atoms with Gasteiger partial charge in [-0.05, 0) is 38.7 Å². The smallest absolute Gasteiger partial charge is 0.252 e. The van der Waals surface area contributed by atoms with Crippen molar-refractivity contribution >= 4 is 5.91 Å². The molecule has 0 saturated carbocycles. The van der Waals surface area contributed by atoms with Gasteiger partial charge in [0.15, 0.2) is 0 Å². The summed E-state index contributed by atoms with van der Waals surface area (Å²) in [5.74, 6) is 0.0983. The molecule has 1 atom stereocenters. The predicted octanol–water partition coefficient (Wildman–Crippen LogP) is 1.82. The lowest BCUT2D eigenvalue weighted by molar-refractivity contribution is 0.0954. The lowest BCUT2D eigenvalue weighted by atomic mass is 9.89. The largest absolute Gasteiger partial charge is 0.345 e. The first kappa shape index (κ1) is 8.89. The topological polar surface area (TPSA) is 42.0 Å². The Morgan fingerprint density at radius 1 is 1.40 bits per heavy atom. The maximum absolute atomic E-state index is 11.8. The Labute approximate surface area is 88.9 Å². The summed E-state index contributed by atoms with van der Waals surface area (Å²) in [6.07, 6.45) is 3.22. The van der Waals surface area contributed by atoms with Gasteiger partial charge < -0.3 is 5.32 Å². The van der Waals surface area contributed by atoms with Crippen LogP contribution in [0.5, 0.6) is 0 Å². The van der Waals surface area contributed by atoms with Crippen molar-refractivity contribution in [2.45, 2.75) is 39.2 Å². The van der Waals surface area contributed by atoms with E-state index in [4.69, 9.17) is 0 Å². The first-order chi connectivity index (χ1) is 7.18. The highest BCUT2D eigenvalue weighted by molar-refractivity contribution is 6.01. The van der Waals surface area contributed by atoms with Gasteiger partial charge in [-0.1, -0.05) is 0 Å². The van der Waals surface area contributed by atoms with Crippen molar-refractivity contribution in [3.05, 3.63) is 28.1 Å². The molecule has 0 fully saturated rings. The predicted molar refractivity (Wildman–Crippen MR) is 56.9 cm³/mol. The molecule has 3 heteroatoms. The van der Waals surface area contributed by atoms with Crippen molar-refractivity contribution in [1.82, 2.24) is 10.3 Å². The Kier molecular flexibility index (Phi) is 1.67. The number of rotatable bonds is 0. The summed E-state index contributed by atoms with van der Waals surface area (Å²) >= 11 is 0. The fourth-order valence-corrected chi connectivity index (χ4v) is 2.72. The molecular formula is C12H14N2O. The molecule has 1 amide bonds. The third kappa shape index (κ3) is 1.06. The number of hydrogen-bond donors (Lipinski definition) is 1. The molecule has 1 unspecified atom stereocenters. The molecule has 1 aliphatic heterocycles. The first-order valence-corrected chi connectivity index (χ1v) is 5.49. The Bertz CT molecular complexity index is 465. The molecule has 1 aliphatic carbocycles. The quantitative estimate of drug-likeness (QED) is 0.697. The van der Waals surface area contributed by atoms with Crippen LogP contribution < -0.4 is 5.32 Å². The molecule has 2 heterocycles. The maximum atomic E-state index is 11.8. The number of carbonyl (C=O) groups is 1. The Morgan fingerprint density at radius 2 is 2.20 bits per heavy atom. The summed E-state index contributed by atoms with van der Waals surface area (Å²) in [7, 11) is 0. The van der Waals surface area contributed by atoms with Crippen LogP contribution in [0.1, 0.15) is 51.8 Å². The average Bonchev–Trinajstić information content (AvgIpc) is 2.53. The van der Waals surface area contributed by atoms with Crippen LogP contribution in [0.4, 0.5) is 0 Å². The minimum Gasteiger partial charge on any atom is -0.345 e. The lowest BCUT2D eigenvalue weighted by Crippen LogP contribution is -2.21. The average molecular weight is 202 g/mol. The highest BCUT2D eigenvalue weighted by Gasteiger charge is 2.35. The van der Waals surface area contributed by atoms with E-state index in [-0.39, 0.29) is 11.9 Å². The third-order valence-corrected chi connectivity index (χ3v) is 3.59. The highest BCUT2D eigenvalue weighted by Crippen LogP contribution is 2.37. The molecule has 1 aromatic heterocycles. The summed E-state index contributed by atoms with van der Waals surface area (Å²) < 4.78 is 0. The van der Waals surface area contributed by atoms with Gasteiger partial charge in [0.1, 0.15) is 0 Å². The fourth-order valence-electron chi connectivity index (χ4n) is 2.72. The second-order valence-corrected chi connectivity index (χ2v) is 4.48. The van der Waals surface area contributed by atoms with Crippen LogP contribution >= 0.6 is 0 Å². The molecule has 15 heavy (non-hydrogen) atoms. The van der Waals surface area contributed by atoms with Gasteiger partial charge in [-0.15, -0.1) is 0 Å². The highest BCUT2D eigenvalue weighted by atomic mass is 16.2. The van der Waals surface area contributed by atoms with E-state index in [0.29, 0.717) is 0 Å². The molecule has 1 aromatic rings. The van der Waals surface area contributed by atoms with Gasteiger partial charge in [0, 0.05) is 17.0 Å². The van der Waals surface area contributed by atoms with Crippen LogP contribution in [0.3, 0.4) is 0 Å². The standard InChI is InChI=1S/C12H14N2O/c1-6-7(2)13-8-4-3-5-9-11(8)10(6)12(15)14-9/h9H,3-5H2,1-2H3,(H,14,15). The van der Waals surface area contributed by atoms with E-state index in [9.17, 15) is 4.79 Å². The molecule has 1 N–H and O–H groups in total. The number of aromatic nitrogens is 1. The zero-order valence-electron chi connectivity index (χ0n) is 9.05. The van der Waals surface area contributed by atoms with Gasteiger partial charge >= 0.3 is 0 Å². The summed E-state index contributed by atoms with van der Waals surface area (Å²) in [5.41, 5.74) is 5.29. The third-order valence-electron chi connectivity index (χ3n) is 3.59. The summed E-state index contributed by atoms with van der Waals surface area (Å²) in [6, 6.07) is 0.239. The minimum absolute atomic E-state index is 0.0983. The van der Waals surface area contributed by atoms with E-state index in [1.165, 1.54) is 5.56 Å². The normalized spacial score (nSPS) is 22.5. The van der Waals surface area contributed by atoms with Crippen molar-refractivity contribution in [1.29, 1.82) is 0 Å². The first-order valence-electron chi connectivity index (χ1n) is 5.49. The molecule has 0 saturated heterocycles. The van der Waals surface area contributed by atoms with Crippen molar-refractivity contribution in [2.75, 3.05) is 0 Å². The van der Waals surface area contributed by atoms with E-state index < -0.39 is 0 Å². The van der Waals surface area contributed by atoms with Crippen molar-refractivity contribution < 1.29 is 4.79 Å².